The van der Waals surface area contributed by atoms with Crippen LogP contribution >= 0.6 is 7.82 Å². The van der Waals surface area contributed by atoms with Gasteiger partial charge in [0, 0.05) is 13.0 Å². The number of amides is 1. The van der Waals surface area contributed by atoms with Crippen LogP contribution in [-0.2, 0) is 18.4 Å². The van der Waals surface area contributed by atoms with Crippen molar-refractivity contribution in [1.82, 2.24) is 5.32 Å². The molecule has 3 atom stereocenters. The number of phosphoric ester groups is 1. The number of nitrogens with one attached hydrogen (secondary N) is 1. The van der Waals surface area contributed by atoms with Gasteiger partial charge in [-0.05, 0) is 38.5 Å². The molecule has 0 rings (SSSR count). The molecule has 268 valence electrons. The van der Waals surface area contributed by atoms with E-state index >= 15 is 0 Å². The number of carbonyl (C=O) groups is 1. The summed E-state index contributed by atoms with van der Waals surface area (Å²) in [6.45, 7) is 4.17. The van der Waals surface area contributed by atoms with Gasteiger partial charge >= 0.3 is 7.82 Å². The lowest BCUT2D eigenvalue weighted by Crippen LogP contribution is -2.46. The minimum atomic E-state index is -4.30. The predicted octanol–water partition coefficient (Wildman–Crippen LogP) is 9.66. The van der Waals surface area contributed by atoms with E-state index < -0.39 is 20.0 Å². The average Bonchev–Trinajstić information content (AvgIpc) is 3.02. The number of nitrogens with two attached hydrogens (primary N) is 1. The van der Waals surface area contributed by atoms with Gasteiger partial charge in [0.1, 0.15) is 0 Å². The summed E-state index contributed by atoms with van der Waals surface area (Å²) in [6, 6.07) is -0.773. The Bertz CT molecular complexity index is 724. The molecule has 0 fully saturated rings. The third kappa shape index (κ3) is 31.6. The van der Waals surface area contributed by atoms with Crippen LogP contribution < -0.4 is 11.1 Å². The molecular weight excluding hydrogens is 587 g/mol. The van der Waals surface area contributed by atoms with Gasteiger partial charge in [-0.3, -0.25) is 13.8 Å². The number of unbranched alkanes of at least 4 members (excludes halogenated alkanes) is 21. The van der Waals surface area contributed by atoms with Crippen LogP contribution in [0.15, 0.2) is 12.2 Å². The second-order valence-electron chi connectivity index (χ2n) is 12.8. The largest absolute Gasteiger partial charge is 0.472 e. The van der Waals surface area contributed by atoms with Crippen LogP contribution in [0.25, 0.3) is 0 Å². The van der Waals surface area contributed by atoms with Gasteiger partial charge in [-0.25, -0.2) is 4.57 Å². The summed E-state index contributed by atoms with van der Waals surface area (Å²) in [5.41, 5.74) is 5.36. The summed E-state index contributed by atoms with van der Waals surface area (Å²) >= 11 is 0. The summed E-state index contributed by atoms with van der Waals surface area (Å²) in [5, 5.41) is 13.7. The Kier molecular flexibility index (Phi) is 32.6. The minimum Gasteiger partial charge on any atom is -0.391 e. The third-order valence-corrected chi connectivity index (χ3v) is 9.35. The van der Waals surface area contributed by atoms with E-state index in [1.165, 1.54) is 103 Å². The molecule has 0 bridgehead atoms. The maximum absolute atomic E-state index is 12.7. The zero-order valence-electron chi connectivity index (χ0n) is 29.4. The molecule has 0 aliphatic heterocycles. The van der Waals surface area contributed by atoms with E-state index in [0.29, 0.717) is 12.8 Å². The number of hydrogen-bond acceptors (Lipinski definition) is 6. The van der Waals surface area contributed by atoms with Crippen molar-refractivity contribution >= 4 is 13.7 Å². The third-order valence-electron chi connectivity index (χ3n) is 8.37. The number of hydrogen-bond donors (Lipinski definition) is 4. The Labute approximate surface area is 277 Å². The summed E-state index contributed by atoms with van der Waals surface area (Å²) in [6.07, 6.45) is 33.5. The number of allylic oxidation sites excluding steroid dienone is 2. The van der Waals surface area contributed by atoms with E-state index in [2.05, 4.69) is 31.3 Å². The van der Waals surface area contributed by atoms with Gasteiger partial charge in [-0.2, -0.15) is 0 Å². The van der Waals surface area contributed by atoms with Crippen molar-refractivity contribution < 1.29 is 28.4 Å². The highest BCUT2D eigenvalue weighted by atomic mass is 31.2. The highest BCUT2D eigenvalue weighted by Crippen LogP contribution is 2.43. The van der Waals surface area contributed by atoms with Crippen LogP contribution in [-0.4, -0.2) is 47.8 Å². The van der Waals surface area contributed by atoms with Crippen LogP contribution in [0.5, 0.6) is 0 Å². The lowest BCUT2D eigenvalue weighted by Gasteiger charge is -2.25. The zero-order valence-corrected chi connectivity index (χ0v) is 30.3. The summed E-state index contributed by atoms with van der Waals surface area (Å²) in [4.78, 5) is 22.6. The van der Waals surface area contributed by atoms with Crippen molar-refractivity contribution in [2.24, 2.45) is 5.73 Å². The normalized spacial score (nSPS) is 14.5. The van der Waals surface area contributed by atoms with E-state index in [4.69, 9.17) is 14.8 Å². The summed E-state index contributed by atoms with van der Waals surface area (Å²) in [5.74, 6) is -0.172. The van der Waals surface area contributed by atoms with Gasteiger partial charge in [0.15, 0.2) is 0 Å². The first kappa shape index (κ1) is 44.2. The molecule has 0 aromatic rings. The standard InChI is InChI=1S/C36H73N2O6P/c1-3-5-7-9-11-13-15-17-18-19-21-23-25-27-29-35(39)34(33-44-45(41,42)43-32-31-37)38-36(40)30-28-26-24-22-20-16-14-12-10-8-6-4-2/h12,14,34-35,39H,3-11,13,15-33,37H2,1-2H3,(H,38,40)(H,41,42)/b14-12-. The van der Waals surface area contributed by atoms with Crippen molar-refractivity contribution in [3.05, 3.63) is 12.2 Å². The van der Waals surface area contributed by atoms with Crippen LogP contribution in [0, 0.1) is 0 Å². The van der Waals surface area contributed by atoms with Gasteiger partial charge in [-0.15, -0.1) is 0 Å². The topological polar surface area (TPSA) is 131 Å². The molecule has 0 saturated heterocycles. The second-order valence-corrected chi connectivity index (χ2v) is 14.2. The predicted molar refractivity (Wildman–Crippen MR) is 189 cm³/mol. The Morgan fingerprint density at radius 1 is 0.711 bits per heavy atom. The molecule has 0 aliphatic carbocycles. The lowest BCUT2D eigenvalue weighted by molar-refractivity contribution is -0.123. The van der Waals surface area contributed by atoms with Crippen LogP contribution in [0.4, 0.5) is 0 Å². The second kappa shape index (κ2) is 33.2. The van der Waals surface area contributed by atoms with Crippen molar-refractivity contribution in [3.63, 3.8) is 0 Å². The molecule has 3 unspecified atom stereocenters. The highest BCUT2D eigenvalue weighted by Gasteiger charge is 2.27. The van der Waals surface area contributed by atoms with Gasteiger partial charge in [0.25, 0.3) is 0 Å². The zero-order chi connectivity index (χ0) is 33.3. The fraction of sp³-hybridized carbons (Fsp3) is 0.917. The van der Waals surface area contributed by atoms with Gasteiger partial charge in [-0.1, -0.05) is 148 Å². The molecule has 0 aromatic heterocycles. The smallest absolute Gasteiger partial charge is 0.391 e. The number of rotatable bonds is 35. The first-order chi connectivity index (χ1) is 21.9. The summed E-state index contributed by atoms with van der Waals surface area (Å²) in [7, 11) is -4.30. The molecule has 45 heavy (non-hydrogen) atoms. The quantitative estimate of drug-likeness (QED) is 0.0302. The molecule has 5 N–H and O–H groups in total. The van der Waals surface area contributed by atoms with Crippen molar-refractivity contribution in [2.75, 3.05) is 19.8 Å². The molecule has 0 spiro atoms. The number of phosphoric acid groups is 1. The highest BCUT2D eigenvalue weighted by molar-refractivity contribution is 7.47. The van der Waals surface area contributed by atoms with E-state index in [0.717, 1.165) is 51.4 Å². The molecule has 9 heteroatoms. The molecule has 0 saturated carbocycles. The van der Waals surface area contributed by atoms with E-state index in [-0.39, 0.29) is 25.7 Å². The first-order valence-electron chi connectivity index (χ1n) is 18.8. The molecule has 0 radical (unpaired) electrons. The van der Waals surface area contributed by atoms with Crippen LogP contribution in [0.1, 0.15) is 181 Å². The molecule has 0 aromatic carbocycles. The SMILES string of the molecule is CCCCC/C=C\CCCCCCCC(=O)NC(COP(=O)(O)OCCN)C(O)CCCCCCCCCCCCCCCC. The van der Waals surface area contributed by atoms with E-state index in [1.54, 1.807) is 0 Å². The number of aliphatic hydroxyl groups excluding tert-OH is 1. The Morgan fingerprint density at radius 3 is 1.69 bits per heavy atom. The van der Waals surface area contributed by atoms with E-state index in [9.17, 15) is 19.4 Å². The molecular formula is C36H73N2O6P. The van der Waals surface area contributed by atoms with Crippen LogP contribution in [0.2, 0.25) is 0 Å². The first-order valence-corrected chi connectivity index (χ1v) is 20.3. The van der Waals surface area contributed by atoms with E-state index in [1.807, 2.05) is 0 Å². The Balaban J connectivity index is 4.26. The fourth-order valence-electron chi connectivity index (χ4n) is 5.48. The Hall–Kier alpha value is -0.760. The van der Waals surface area contributed by atoms with Crippen molar-refractivity contribution in [3.8, 4) is 0 Å². The minimum absolute atomic E-state index is 0.0889. The van der Waals surface area contributed by atoms with Gasteiger partial charge in [0.05, 0.1) is 25.4 Å². The molecule has 0 heterocycles. The summed E-state index contributed by atoms with van der Waals surface area (Å²) < 4.78 is 22.1. The average molecular weight is 661 g/mol. The van der Waals surface area contributed by atoms with Crippen molar-refractivity contribution in [1.29, 1.82) is 0 Å². The van der Waals surface area contributed by atoms with Gasteiger partial charge in [0.2, 0.25) is 5.91 Å². The van der Waals surface area contributed by atoms with Crippen LogP contribution in [0.3, 0.4) is 0 Å². The maximum atomic E-state index is 12.7. The van der Waals surface area contributed by atoms with Gasteiger partial charge < -0.3 is 21.1 Å². The maximum Gasteiger partial charge on any atom is 0.472 e. The Morgan fingerprint density at radius 2 is 1.16 bits per heavy atom. The lowest BCUT2D eigenvalue weighted by atomic mass is 10.0. The van der Waals surface area contributed by atoms with Crippen molar-refractivity contribution in [2.45, 2.75) is 193 Å². The molecule has 8 nitrogen and oxygen atoms in total. The number of carbonyl (C=O) groups excluding carboxylic acids is 1. The molecule has 1 amide bonds. The number of aliphatic hydroxyl groups is 1. The monoisotopic (exact) mass is 661 g/mol. The fourth-order valence-corrected chi connectivity index (χ4v) is 6.24. The molecule has 0 aliphatic rings.